The molecule has 2 rings (SSSR count). The standard InChI is InChI=1S/C30H43F3N6/c1-8-11-25(24(6)39-17-15-38(16-18-39)23(5)21-30(31,32)33)19-22(4)36-37-29-20-26(13-14-28(29)34-7)27(12-9-2)35-10-3/h8,11,13-14,19-20,24,36-37H,1,5,7,9-10,12,15-18,21H2,2-4,6H3/b22-19+,25-11+,35-27?. The first kappa shape index (κ1) is 31.9. The number of aliphatic imine (C=N–C) groups is 2. The Bertz CT molecular complexity index is 1080. The number of piperazine rings is 1. The van der Waals surface area contributed by atoms with Crippen LogP contribution in [-0.4, -0.2) is 67.2 Å². The minimum absolute atomic E-state index is 0.0494. The van der Waals surface area contributed by atoms with E-state index in [9.17, 15) is 13.2 Å². The van der Waals surface area contributed by atoms with Crippen LogP contribution >= 0.6 is 0 Å². The lowest BCUT2D eigenvalue weighted by Crippen LogP contribution is -2.49. The molecule has 39 heavy (non-hydrogen) atoms. The van der Waals surface area contributed by atoms with Crippen LogP contribution in [0.4, 0.5) is 24.5 Å². The second-order valence-corrected chi connectivity index (χ2v) is 9.60. The molecule has 6 nitrogen and oxygen atoms in total. The normalized spacial score (nSPS) is 16.6. The first-order chi connectivity index (χ1) is 18.5. The number of benzene rings is 1. The molecule has 1 aliphatic rings. The van der Waals surface area contributed by atoms with Crippen LogP contribution in [0, 0.1) is 0 Å². The van der Waals surface area contributed by atoms with Crippen LogP contribution in [0.25, 0.3) is 0 Å². The number of nitrogens with one attached hydrogen (secondary N) is 2. The average molecular weight is 545 g/mol. The second kappa shape index (κ2) is 15.3. The van der Waals surface area contributed by atoms with Gasteiger partial charge in [-0.2, -0.15) is 13.2 Å². The van der Waals surface area contributed by atoms with Crippen molar-refractivity contribution in [3.05, 3.63) is 72.1 Å². The predicted molar refractivity (Wildman–Crippen MR) is 159 cm³/mol. The molecule has 0 radical (unpaired) electrons. The smallest absolute Gasteiger partial charge is 0.372 e. The van der Waals surface area contributed by atoms with Crippen LogP contribution in [0.3, 0.4) is 0 Å². The number of rotatable bonds is 14. The summed E-state index contributed by atoms with van der Waals surface area (Å²) in [5, 5.41) is 0. The summed E-state index contributed by atoms with van der Waals surface area (Å²) >= 11 is 0. The molecule has 1 atom stereocenters. The highest BCUT2D eigenvalue weighted by molar-refractivity contribution is 6.02. The number of hydrazine groups is 1. The Hall–Kier alpha value is -3.33. The largest absolute Gasteiger partial charge is 0.394 e. The van der Waals surface area contributed by atoms with Crippen LogP contribution in [0.2, 0.25) is 0 Å². The summed E-state index contributed by atoms with van der Waals surface area (Å²) in [5.74, 6) is 0. The quantitative estimate of drug-likeness (QED) is 0.150. The predicted octanol–water partition coefficient (Wildman–Crippen LogP) is 7.03. The molecular formula is C30H43F3N6. The van der Waals surface area contributed by atoms with Gasteiger partial charge in [0.15, 0.2) is 0 Å². The van der Waals surface area contributed by atoms with Gasteiger partial charge in [-0.05, 0) is 63.3 Å². The van der Waals surface area contributed by atoms with Gasteiger partial charge in [-0.25, -0.2) is 0 Å². The summed E-state index contributed by atoms with van der Waals surface area (Å²) in [6.45, 7) is 22.5. The SMILES string of the molecule is C=C/C=C(\C=C(/C)NNc1cc(C(CCC)=NCC)ccc1N=C)C(C)N1CCN(C(=C)CC(F)(F)F)CC1. The van der Waals surface area contributed by atoms with Crippen molar-refractivity contribution < 1.29 is 13.2 Å². The van der Waals surface area contributed by atoms with E-state index in [0.29, 0.717) is 26.2 Å². The fourth-order valence-corrected chi connectivity index (χ4v) is 4.57. The number of anilines is 1. The van der Waals surface area contributed by atoms with Crippen LogP contribution in [0.5, 0.6) is 0 Å². The van der Waals surface area contributed by atoms with E-state index in [1.807, 2.05) is 44.2 Å². The minimum Gasteiger partial charge on any atom is -0.372 e. The van der Waals surface area contributed by atoms with Gasteiger partial charge < -0.3 is 10.3 Å². The first-order valence-electron chi connectivity index (χ1n) is 13.4. The number of allylic oxidation sites excluding steroid dienone is 4. The molecule has 9 heteroatoms. The maximum absolute atomic E-state index is 12.8. The van der Waals surface area contributed by atoms with E-state index in [2.05, 4.69) is 59.5 Å². The Labute approximate surface area is 231 Å². The van der Waals surface area contributed by atoms with Crippen molar-refractivity contribution in [3.63, 3.8) is 0 Å². The third kappa shape index (κ3) is 10.1. The zero-order valence-electron chi connectivity index (χ0n) is 23.7. The molecule has 1 saturated heterocycles. The summed E-state index contributed by atoms with van der Waals surface area (Å²) < 4.78 is 38.3. The fourth-order valence-electron chi connectivity index (χ4n) is 4.57. The van der Waals surface area contributed by atoms with Gasteiger partial charge >= 0.3 is 6.18 Å². The lowest BCUT2D eigenvalue weighted by molar-refractivity contribution is -0.131. The molecule has 0 bridgehead atoms. The molecular weight excluding hydrogens is 501 g/mol. The number of hydrogen-bond donors (Lipinski definition) is 2. The van der Waals surface area contributed by atoms with Gasteiger partial charge in [-0.15, -0.1) is 0 Å². The number of halogens is 3. The lowest BCUT2D eigenvalue weighted by Gasteiger charge is -2.40. The van der Waals surface area contributed by atoms with Crippen molar-refractivity contribution >= 4 is 23.8 Å². The van der Waals surface area contributed by atoms with E-state index in [1.54, 1.807) is 11.0 Å². The van der Waals surface area contributed by atoms with Gasteiger partial charge in [0.25, 0.3) is 0 Å². The van der Waals surface area contributed by atoms with Gasteiger partial charge in [0.05, 0.1) is 17.8 Å². The van der Waals surface area contributed by atoms with E-state index < -0.39 is 12.6 Å². The van der Waals surface area contributed by atoms with Crippen LogP contribution in [0.1, 0.15) is 52.5 Å². The molecule has 0 aromatic heterocycles. The van der Waals surface area contributed by atoms with Gasteiger partial charge in [0.1, 0.15) is 0 Å². The molecule has 1 unspecified atom stereocenters. The monoisotopic (exact) mass is 544 g/mol. The Kier molecular flexibility index (Phi) is 12.5. The highest BCUT2D eigenvalue weighted by Crippen LogP contribution is 2.28. The summed E-state index contributed by atoms with van der Waals surface area (Å²) in [6, 6.07) is 6.03. The highest BCUT2D eigenvalue weighted by Gasteiger charge is 2.31. The van der Waals surface area contributed by atoms with Gasteiger partial charge in [-0.1, -0.05) is 44.7 Å². The molecule has 1 aliphatic heterocycles. The average Bonchev–Trinajstić information content (AvgIpc) is 2.90. The minimum atomic E-state index is -4.24. The molecule has 0 spiro atoms. The lowest BCUT2D eigenvalue weighted by atomic mass is 10.0. The third-order valence-electron chi connectivity index (χ3n) is 6.62. The Morgan fingerprint density at radius 1 is 1.18 bits per heavy atom. The summed E-state index contributed by atoms with van der Waals surface area (Å²) in [7, 11) is 0. The van der Waals surface area contributed by atoms with Gasteiger partial charge in [0.2, 0.25) is 0 Å². The van der Waals surface area contributed by atoms with E-state index in [1.165, 1.54) is 0 Å². The molecule has 1 aromatic rings. The zero-order valence-corrected chi connectivity index (χ0v) is 23.7. The summed E-state index contributed by atoms with van der Waals surface area (Å²) in [5.41, 5.74) is 12.2. The topological polar surface area (TPSA) is 55.3 Å². The van der Waals surface area contributed by atoms with E-state index in [4.69, 9.17) is 0 Å². The van der Waals surface area contributed by atoms with Crippen LogP contribution in [-0.2, 0) is 0 Å². The van der Waals surface area contributed by atoms with E-state index >= 15 is 0 Å². The van der Waals surface area contributed by atoms with Gasteiger partial charge in [0, 0.05) is 55.9 Å². The molecule has 214 valence electrons. The van der Waals surface area contributed by atoms with E-state index in [0.717, 1.165) is 53.3 Å². The van der Waals surface area contributed by atoms with Crippen molar-refractivity contribution in [2.24, 2.45) is 9.98 Å². The van der Waals surface area contributed by atoms with Crippen molar-refractivity contribution in [3.8, 4) is 0 Å². The van der Waals surface area contributed by atoms with Crippen molar-refractivity contribution in [1.29, 1.82) is 0 Å². The maximum atomic E-state index is 12.8. The van der Waals surface area contributed by atoms with Gasteiger partial charge in [-0.3, -0.25) is 20.3 Å². The van der Waals surface area contributed by atoms with Crippen molar-refractivity contribution in [2.75, 3.05) is 38.1 Å². The molecule has 1 heterocycles. The van der Waals surface area contributed by atoms with Crippen LogP contribution in [0.15, 0.2) is 76.5 Å². The van der Waals surface area contributed by atoms with Crippen molar-refractivity contribution in [1.82, 2.24) is 15.2 Å². The highest BCUT2D eigenvalue weighted by atomic mass is 19.4. The summed E-state index contributed by atoms with van der Waals surface area (Å²) in [4.78, 5) is 12.8. The van der Waals surface area contributed by atoms with Crippen molar-refractivity contribution in [2.45, 2.75) is 59.2 Å². The number of alkyl halides is 3. The molecule has 0 saturated carbocycles. The zero-order chi connectivity index (χ0) is 29.0. The molecule has 1 aromatic carbocycles. The Morgan fingerprint density at radius 2 is 1.87 bits per heavy atom. The molecule has 2 N–H and O–H groups in total. The first-order valence-corrected chi connectivity index (χ1v) is 13.4. The second-order valence-electron chi connectivity index (χ2n) is 9.60. The number of nitrogens with zero attached hydrogens (tertiary/aromatic N) is 4. The number of hydrogen-bond acceptors (Lipinski definition) is 6. The Balaban J connectivity index is 2.10. The molecule has 0 amide bonds. The fraction of sp³-hybridized carbons (Fsp3) is 0.467. The maximum Gasteiger partial charge on any atom is 0.394 e. The Morgan fingerprint density at radius 3 is 2.44 bits per heavy atom. The van der Waals surface area contributed by atoms with Crippen LogP contribution < -0.4 is 10.9 Å². The molecule has 0 aliphatic carbocycles. The third-order valence-corrected chi connectivity index (χ3v) is 6.62. The molecule has 1 fully saturated rings. The van der Waals surface area contributed by atoms with E-state index in [-0.39, 0.29) is 11.7 Å². The summed E-state index contributed by atoms with van der Waals surface area (Å²) in [6.07, 6.45) is 2.45.